The van der Waals surface area contributed by atoms with E-state index in [0.29, 0.717) is 0 Å². The molecule has 0 fully saturated rings. The van der Waals surface area contributed by atoms with Crippen molar-refractivity contribution in [2.75, 3.05) is 24.7 Å². The number of hydrogen-bond acceptors (Lipinski definition) is 3. The van der Waals surface area contributed by atoms with Crippen LogP contribution >= 0.6 is 0 Å². The molecule has 0 saturated heterocycles. The molecule has 0 unspecified atom stereocenters. The van der Waals surface area contributed by atoms with E-state index in [1.54, 1.807) is 7.11 Å². The lowest BCUT2D eigenvalue weighted by atomic mass is 10.1. The standard InChI is InChI=1S/C16H20N2O/c1-12-7-8-14(17)11-15(12)18-10-9-13-5-3-4-6-16(13)19-2/h3-8,11,18H,9-10,17H2,1-2H3. The van der Waals surface area contributed by atoms with Crippen molar-refractivity contribution in [2.24, 2.45) is 0 Å². The number of benzene rings is 2. The summed E-state index contributed by atoms with van der Waals surface area (Å²) in [7, 11) is 1.70. The van der Waals surface area contributed by atoms with Crippen molar-refractivity contribution < 1.29 is 4.74 Å². The van der Waals surface area contributed by atoms with Crippen LogP contribution in [0.15, 0.2) is 42.5 Å². The van der Waals surface area contributed by atoms with Gasteiger partial charge in [-0.1, -0.05) is 24.3 Å². The largest absolute Gasteiger partial charge is 0.496 e. The summed E-state index contributed by atoms with van der Waals surface area (Å²) in [4.78, 5) is 0. The van der Waals surface area contributed by atoms with E-state index in [0.717, 1.165) is 30.1 Å². The van der Waals surface area contributed by atoms with Crippen molar-refractivity contribution in [3.8, 4) is 5.75 Å². The molecule has 19 heavy (non-hydrogen) atoms. The number of para-hydroxylation sites is 1. The van der Waals surface area contributed by atoms with Crippen LogP contribution in [0.5, 0.6) is 5.75 Å². The Kier molecular flexibility index (Phi) is 4.29. The Morgan fingerprint density at radius 2 is 1.95 bits per heavy atom. The monoisotopic (exact) mass is 256 g/mol. The van der Waals surface area contributed by atoms with E-state index < -0.39 is 0 Å². The van der Waals surface area contributed by atoms with Crippen LogP contribution in [0.25, 0.3) is 0 Å². The number of nitrogens with two attached hydrogens (primary N) is 1. The Morgan fingerprint density at radius 1 is 1.16 bits per heavy atom. The SMILES string of the molecule is COc1ccccc1CCNc1cc(N)ccc1C. The van der Waals surface area contributed by atoms with Crippen LogP contribution in [0.1, 0.15) is 11.1 Å². The maximum Gasteiger partial charge on any atom is 0.122 e. The van der Waals surface area contributed by atoms with Crippen LogP contribution in [0.3, 0.4) is 0 Å². The quantitative estimate of drug-likeness (QED) is 0.807. The molecular weight excluding hydrogens is 236 g/mol. The van der Waals surface area contributed by atoms with Crippen molar-refractivity contribution in [1.29, 1.82) is 0 Å². The second-order valence-electron chi connectivity index (χ2n) is 4.56. The van der Waals surface area contributed by atoms with Crippen molar-refractivity contribution in [3.05, 3.63) is 53.6 Å². The van der Waals surface area contributed by atoms with Gasteiger partial charge in [0.2, 0.25) is 0 Å². The van der Waals surface area contributed by atoms with E-state index in [9.17, 15) is 0 Å². The highest BCUT2D eigenvalue weighted by molar-refractivity contribution is 5.59. The predicted octanol–water partition coefficient (Wildman–Crippen LogP) is 3.24. The highest BCUT2D eigenvalue weighted by Gasteiger charge is 2.02. The molecule has 0 spiro atoms. The third-order valence-corrected chi connectivity index (χ3v) is 3.16. The van der Waals surface area contributed by atoms with Gasteiger partial charge in [-0.3, -0.25) is 0 Å². The number of nitrogen functional groups attached to an aromatic ring is 1. The van der Waals surface area contributed by atoms with Gasteiger partial charge in [0.1, 0.15) is 5.75 Å². The molecule has 0 bridgehead atoms. The minimum Gasteiger partial charge on any atom is -0.496 e. The molecule has 3 N–H and O–H groups in total. The molecule has 3 nitrogen and oxygen atoms in total. The molecule has 2 rings (SSSR count). The number of rotatable bonds is 5. The van der Waals surface area contributed by atoms with Gasteiger partial charge in [-0.15, -0.1) is 0 Å². The number of nitrogens with one attached hydrogen (secondary N) is 1. The average molecular weight is 256 g/mol. The van der Waals surface area contributed by atoms with Gasteiger partial charge >= 0.3 is 0 Å². The minimum absolute atomic E-state index is 0.783. The normalized spacial score (nSPS) is 10.2. The summed E-state index contributed by atoms with van der Waals surface area (Å²) in [5, 5.41) is 3.42. The third-order valence-electron chi connectivity index (χ3n) is 3.16. The summed E-state index contributed by atoms with van der Waals surface area (Å²) in [6, 6.07) is 14.0. The number of hydrogen-bond donors (Lipinski definition) is 2. The van der Waals surface area contributed by atoms with Gasteiger partial charge in [0.25, 0.3) is 0 Å². The molecular formula is C16H20N2O. The average Bonchev–Trinajstić information content (AvgIpc) is 2.43. The van der Waals surface area contributed by atoms with Crippen LogP contribution in [-0.4, -0.2) is 13.7 Å². The lowest BCUT2D eigenvalue weighted by molar-refractivity contribution is 0.410. The first kappa shape index (κ1) is 13.3. The maximum atomic E-state index is 5.80. The molecule has 0 aliphatic rings. The molecule has 0 aliphatic carbocycles. The Morgan fingerprint density at radius 3 is 2.74 bits per heavy atom. The fraction of sp³-hybridized carbons (Fsp3) is 0.250. The van der Waals surface area contributed by atoms with Crippen LogP contribution in [0.4, 0.5) is 11.4 Å². The van der Waals surface area contributed by atoms with E-state index in [1.165, 1.54) is 11.1 Å². The number of anilines is 2. The summed E-state index contributed by atoms with van der Waals surface area (Å²) in [5.74, 6) is 0.939. The lowest BCUT2D eigenvalue weighted by Crippen LogP contribution is -2.07. The van der Waals surface area contributed by atoms with Gasteiger partial charge in [0, 0.05) is 17.9 Å². The first-order valence-corrected chi connectivity index (χ1v) is 6.42. The van der Waals surface area contributed by atoms with Gasteiger partial charge in [0.15, 0.2) is 0 Å². The molecule has 0 aliphatic heterocycles. The molecule has 0 heterocycles. The third kappa shape index (κ3) is 3.41. The van der Waals surface area contributed by atoms with E-state index in [2.05, 4.69) is 18.3 Å². The zero-order valence-electron chi connectivity index (χ0n) is 11.4. The van der Waals surface area contributed by atoms with E-state index in [1.807, 2.05) is 36.4 Å². The molecule has 2 aromatic carbocycles. The molecule has 3 heteroatoms. The van der Waals surface area contributed by atoms with Crippen molar-refractivity contribution >= 4 is 11.4 Å². The Hall–Kier alpha value is -2.16. The summed E-state index contributed by atoms with van der Waals surface area (Å²) >= 11 is 0. The first-order valence-electron chi connectivity index (χ1n) is 6.42. The number of aryl methyl sites for hydroxylation is 1. The molecule has 0 saturated carbocycles. The van der Waals surface area contributed by atoms with Crippen molar-refractivity contribution in [3.63, 3.8) is 0 Å². The molecule has 0 amide bonds. The maximum absolute atomic E-state index is 5.80. The molecule has 0 aromatic heterocycles. The van der Waals surface area contributed by atoms with Crippen molar-refractivity contribution in [1.82, 2.24) is 0 Å². The second-order valence-corrected chi connectivity index (χ2v) is 4.56. The zero-order valence-corrected chi connectivity index (χ0v) is 11.4. The summed E-state index contributed by atoms with van der Waals surface area (Å²) < 4.78 is 5.34. The molecule has 2 aromatic rings. The highest BCUT2D eigenvalue weighted by Crippen LogP contribution is 2.20. The lowest BCUT2D eigenvalue weighted by Gasteiger charge is -2.12. The van der Waals surface area contributed by atoms with E-state index in [-0.39, 0.29) is 0 Å². The van der Waals surface area contributed by atoms with Crippen LogP contribution in [0, 0.1) is 6.92 Å². The Bertz CT molecular complexity index is 552. The summed E-state index contributed by atoms with van der Waals surface area (Å²) in [6.07, 6.45) is 0.915. The smallest absolute Gasteiger partial charge is 0.122 e. The molecule has 100 valence electrons. The fourth-order valence-corrected chi connectivity index (χ4v) is 2.07. The predicted molar refractivity (Wildman–Crippen MR) is 80.8 cm³/mol. The molecule has 0 atom stereocenters. The summed E-state index contributed by atoms with van der Waals surface area (Å²) in [5.41, 5.74) is 10.1. The van der Waals surface area contributed by atoms with Gasteiger partial charge in [-0.05, 0) is 42.7 Å². The van der Waals surface area contributed by atoms with Crippen molar-refractivity contribution in [2.45, 2.75) is 13.3 Å². The van der Waals surface area contributed by atoms with E-state index in [4.69, 9.17) is 10.5 Å². The van der Waals surface area contributed by atoms with Crippen LogP contribution in [-0.2, 0) is 6.42 Å². The molecule has 0 radical (unpaired) electrons. The highest BCUT2D eigenvalue weighted by atomic mass is 16.5. The number of ether oxygens (including phenoxy) is 1. The topological polar surface area (TPSA) is 47.3 Å². The van der Waals surface area contributed by atoms with Gasteiger partial charge < -0.3 is 15.8 Å². The fourth-order valence-electron chi connectivity index (χ4n) is 2.07. The number of methoxy groups -OCH3 is 1. The zero-order chi connectivity index (χ0) is 13.7. The van der Waals surface area contributed by atoms with Gasteiger partial charge in [-0.2, -0.15) is 0 Å². The van der Waals surface area contributed by atoms with Crippen LogP contribution < -0.4 is 15.8 Å². The van der Waals surface area contributed by atoms with Crippen LogP contribution in [0.2, 0.25) is 0 Å². The van der Waals surface area contributed by atoms with E-state index >= 15 is 0 Å². The Balaban J connectivity index is 1.98. The van der Waals surface area contributed by atoms with Gasteiger partial charge in [-0.25, -0.2) is 0 Å². The Labute approximate surface area is 114 Å². The van der Waals surface area contributed by atoms with Gasteiger partial charge in [0.05, 0.1) is 7.11 Å². The summed E-state index contributed by atoms with van der Waals surface area (Å²) in [6.45, 7) is 2.93. The first-order chi connectivity index (χ1) is 9.20. The second kappa shape index (κ2) is 6.14. The minimum atomic E-state index is 0.783.